The van der Waals surface area contributed by atoms with Gasteiger partial charge in [-0.05, 0) is 13.3 Å². The lowest BCUT2D eigenvalue weighted by atomic mass is 10.0. The molecule has 0 amide bonds. The van der Waals surface area contributed by atoms with Crippen molar-refractivity contribution in [2.24, 2.45) is 0 Å². The van der Waals surface area contributed by atoms with E-state index in [0.717, 1.165) is 0 Å². The van der Waals surface area contributed by atoms with Crippen LogP contribution in [0.2, 0.25) is 0 Å². The molecule has 7 heteroatoms. The molecule has 0 aliphatic carbocycles. The molecule has 0 spiro atoms. The van der Waals surface area contributed by atoms with E-state index in [2.05, 4.69) is 0 Å². The largest absolute Gasteiger partial charge is 0.481 e. The average Bonchev–Trinajstić information content (AvgIpc) is 1.98. The van der Waals surface area contributed by atoms with Crippen molar-refractivity contribution in [1.29, 1.82) is 0 Å². The van der Waals surface area contributed by atoms with Crippen molar-refractivity contribution < 1.29 is 23.4 Å². The molecule has 88 valence electrons. The maximum absolute atomic E-state index is 11.5. The molecule has 0 bridgehead atoms. The van der Waals surface area contributed by atoms with Crippen LogP contribution in [0.5, 0.6) is 0 Å². The fraction of sp³-hybridized carbons (Fsp3) is 0.875. The minimum absolute atomic E-state index is 0.0996. The molecule has 1 aliphatic rings. The molecule has 1 rings (SSSR count). The van der Waals surface area contributed by atoms with Crippen molar-refractivity contribution >= 4 is 16.0 Å². The molecule has 0 atom stereocenters. The zero-order valence-corrected chi connectivity index (χ0v) is 9.33. The van der Waals surface area contributed by atoms with E-state index in [1.165, 1.54) is 4.31 Å². The Morgan fingerprint density at radius 3 is 2.40 bits per heavy atom. The van der Waals surface area contributed by atoms with Gasteiger partial charge >= 0.3 is 5.97 Å². The van der Waals surface area contributed by atoms with Gasteiger partial charge in [0.05, 0.1) is 11.4 Å². The van der Waals surface area contributed by atoms with E-state index in [4.69, 9.17) is 5.11 Å². The van der Waals surface area contributed by atoms with Gasteiger partial charge in [-0.3, -0.25) is 4.79 Å². The number of sulfonamides is 1. The molecule has 2 N–H and O–H groups in total. The third-order valence-electron chi connectivity index (χ3n) is 2.22. The first-order chi connectivity index (χ1) is 6.73. The van der Waals surface area contributed by atoms with Gasteiger partial charge in [-0.25, -0.2) is 8.42 Å². The van der Waals surface area contributed by atoms with Crippen LogP contribution in [0.4, 0.5) is 0 Å². The quantitative estimate of drug-likeness (QED) is 0.656. The summed E-state index contributed by atoms with van der Waals surface area (Å²) in [6, 6.07) is 0. The maximum atomic E-state index is 11.5. The van der Waals surface area contributed by atoms with E-state index >= 15 is 0 Å². The molecule has 0 aromatic rings. The fourth-order valence-electron chi connectivity index (χ4n) is 1.45. The van der Waals surface area contributed by atoms with Crippen LogP contribution in [-0.2, 0) is 14.8 Å². The molecule has 0 aromatic heterocycles. The first-order valence-electron chi connectivity index (χ1n) is 4.65. The summed E-state index contributed by atoms with van der Waals surface area (Å²) in [5.74, 6) is -1.17. The fourth-order valence-corrected chi connectivity index (χ4v) is 3.16. The second-order valence-corrected chi connectivity index (χ2v) is 6.17. The van der Waals surface area contributed by atoms with Crippen LogP contribution in [0.1, 0.15) is 19.8 Å². The predicted octanol–water partition coefficient (Wildman–Crippen LogP) is -0.752. The van der Waals surface area contributed by atoms with Crippen molar-refractivity contribution in [2.75, 3.05) is 18.8 Å². The molecule has 1 aliphatic heterocycles. The van der Waals surface area contributed by atoms with E-state index in [1.807, 2.05) is 0 Å². The second kappa shape index (κ2) is 4.07. The van der Waals surface area contributed by atoms with Crippen molar-refractivity contribution in [3.8, 4) is 0 Å². The highest BCUT2D eigenvalue weighted by Gasteiger charge is 2.42. The van der Waals surface area contributed by atoms with Gasteiger partial charge in [0, 0.05) is 19.5 Å². The topological polar surface area (TPSA) is 94.9 Å². The summed E-state index contributed by atoms with van der Waals surface area (Å²) >= 11 is 0. The standard InChI is InChI=1S/C8H15NO5S/c1-8(12)5-9(6-8)15(13,14)4-2-3-7(10)11/h12H,2-6H2,1H3,(H,10,11). The molecule has 6 nitrogen and oxygen atoms in total. The molecule has 0 unspecified atom stereocenters. The first-order valence-corrected chi connectivity index (χ1v) is 6.26. The summed E-state index contributed by atoms with van der Waals surface area (Å²) in [5, 5.41) is 17.7. The zero-order valence-electron chi connectivity index (χ0n) is 8.51. The highest BCUT2D eigenvalue weighted by molar-refractivity contribution is 7.89. The van der Waals surface area contributed by atoms with Gasteiger partial charge in [0.2, 0.25) is 10.0 Å². The summed E-state index contributed by atoms with van der Waals surface area (Å²) < 4.78 is 24.2. The third-order valence-corrected chi connectivity index (χ3v) is 4.07. The van der Waals surface area contributed by atoms with Crippen LogP contribution in [0.25, 0.3) is 0 Å². The Morgan fingerprint density at radius 1 is 1.47 bits per heavy atom. The van der Waals surface area contributed by atoms with E-state index in [1.54, 1.807) is 6.92 Å². The maximum Gasteiger partial charge on any atom is 0.303 e. The van der Waals surface area contributed by atoms with Crippen LogP contribution in [-0.4, -0.2) is 53.3 Å². The van der Waals surface area contributed by atoms with Gasteiger partial charge in [-0.2, -0.15) is 4.31 Å². The van der Waals surface area contributed by atoms with Crippen LogP contribution < -0.4 is 0 Å². The SMILES string of the molecule is CC1(O)CN(S(=O)(=O)CCCC(=O)O)C1. The van der Waals surface area contributed by atoms with Gasteiger partial charge < -0.3 is 10.2 Å². The molecule has 0 saturated carbocycles. The van der Waals surface area contributed by atoms with Crippen molar-refractivity contribution in [3.63, 3.8) is 0 Å². The number of nitrogens with zero attached hydrogens (tertiary/aromatic N) is 1. The van der Waals surface area contributed by atoms with Gasteiger partial charge in [0.25, 0.3) is 0 Å². The summed E-state index contributed by atoms with van der Waals surface area (Å²) in [7, 11) is -3.38. The van der Waals surface area contributed by atoms with Gasteiger partial charge in [0.15, 0.2) is 0 Å². The summed E-state index contributed by atoms with van der Waals surface area (Å²) in [6.45, 7) is 1.76. The Kier molecular flexibility index (Phi) is 3.37. The third kappa shape index (κ3) is 3.44. The number of carbonyl (C=O) groups is 1. The molecule has 0 aromatic carbocycles. The number of aliphatic hydroxyl groups is 1. The highest BCUT2D eigenvalue weighted by atomic mass is 32.2. The molecule has 1 saturated heterocycles. The Morgan fingerprint density at radius 2 is 2.00 bits per heavy atom. The zero-order chi connectivity index (χ0) is 11.7. The number of rotatable bonds is 5. The smallest absolute Gasteiger partial charge is 0.303 e. The Hall–Kier alpha value is -0.660. The van der Waals surface area contributed by atoms with Gasteiger partial charge in [0.1, 0.15) is 0 Å². The van der Waals surface area contributed by atoms with Crippen molar-refractivity contribution in [3.05, 3.63) is 0 Å². The van der Waals surface area contributed by atoms with Crippen LogP contribution >= 0.6 is 0 Å². The predicted molar refractivity (Wildman–Crippen MR) is 52.9 cm³/mol. The van der Waals surface area contributed by atoms with Crippen LogP contribution in [0.15, 0.2) is 0 Å². The van der Waals surface area contributed by atoms with E-state index in [0.29, 0.717) is 0 Å². The minimum Gasteiger partial charge on any atom is -0.481 e. The normalized spacial score (nSPS) is 20.9. The summed E-state index contributed by atoms with van der Waals surface area (Å²) in [5.41, 5.74) is -0.931. The first kappa shape index (κ1) is 12.4. The lowest BCUT2D eigenvalue weighted by Crippen LogP contribution is -2.61. The molecule has 1 heterocycles. The van der Waals surface area contributed by atoms with Crippen LogP contribution in [0.3, 0.4) is 0 Å². The minimum atomic E-state index is -3.38. The summed E-state index contributed by atoms with van der Waals surface area (Å²) in [4.78, 5) is 10.2. The molecule has 1 fully saturated rings. The number of aliphatic carboxylic acids is 1. The number of carboxylic acid groups (broad SMARTS) is 1. The molecular weight excluding hydrogens is 222 g/mol. The van der Waals surface area contributed by atoms with E-state index in [9.17, 15) is 18.3 Å². The number of β-amino-alcohol motifs (C(OH)–C–C–N with tert-alkyl or cyclic N) is 1. The van der Waals surface area contributed by atoms with Crippen LogP contribution in [0, 0.1) is 0 Å². The number of carboxylic acids is 1. The average molecular weight is 237 g/mol. The molecule has 15 heavy (non-hydrogen) atoms. The van der Waals surface area contributed by atoms with Gasteiger partial charge in [-0.1, -0.05) is 0 Å². The molecular formula is C8H15NO5S. The lowest BCUT2D eigenvalue weighted by Gasteiger charge is -2.42. The Labute approximate surface area is 88.6 Å². The van der Waals surface area contributed by atoms with Crippen molar-refractivity contribution in [2.45, 2.75) is 25.4 Å². The Bertz CT molecular complexity index is 340. The summed E-state index contributed by atoms with van der Waals surface area (Å²) in [6.07, 6.45) is -0.0419. The Balaban J connectivity index is 2.38. The monoisotopic (exact) mass is 237 g/mol. The second-order valence-electron chi connectivity index (χ2n) is 4.08. The number of hydrogen-bond acceptors (Lipinski definition) is 4. The lowest BCUT2D eigenvalue weighted by molar-refractivity contribution is -0.137. The van der Waals surface area contributed by atoms with Crippen molar-refractivity contribution in [1.82, 2.24) is 4.31 Å². The van der Waals surface area contributed by atoms with E-state index in [-0.39, 0.29) is 31.7 Å². The van der Waals surface area contributed by atoms with Gasteiger partial charge in [-0.15, -0.1) is 0 Å². The van der Waals surface area contributed by atoms with E-state index < -0.39 is 21.6 Å². The molecule has 0 radical (unpaired) electrons. The highest BCUT2D eigenvalue weighted by Crippen LogP contribution is 2.23. The number of hydrogen-bond donors (Lipinski definition) is 2.